The average Bonchev–Trinajstić information content (AvgIpc) is 2.80. The molecule has 4 nitrogen and oxygen atoms in total. The molecule has 0 saturated carbocycles. The summed E-state index contributed by atoms with van der Waals surface area (Å²) < 4.78 is 159. The van der Waals surface area contributed by atoms with Crippen molar-refractivity contribution in [3.63, 3.8) is 0 Å². The average molecular weight is 688 g/mol. The maximum Gasteiger partial charge on any atom is 0.417 e. The van der Waals surface area contributed by atoms with Crippen LogP contribution in [-0.4, -0.2) is 44.2 Å². The number of alkyl halides is 9. The van der Waals surface area contributed by atoms with E-state index in [0.717, 1.165) is 19.1 Å². The zero-order chi connectivity index (χ0) is 33.3. The second kappa shape index (κ2) is 13.1. The topological polar surface area (TPSA) is 63.2 Å². The van der Waals surface area contributed by atoms with Crippen molar-refractivity contribution < 1.29 is 57.1 Å². The number of halogens is 12. The third-order valence-corrected chi connectivity index (χ3v) is 8.22. The molecular formula is C26H21Cl2F10NO3S. The second-order valence-electron chi connectivity index (χ2n) is 9.48. The van der Waals surface area contributed by atoms with Crippen LogP contribution in [0.4, 0.5) is 43.9 Å². The molecule has 2 aromatic carbocycles. The zero-order valence-electron chi connectivity index (χ0n) is 21.9. The van der Waals surface area contributed by atoms with Gasteiger partial charge in [0.25, 0.3) is 5.91 Å². The van der Waals surface area contributed by atoms with Gasteiger partial charge in [-0.25, -0.2) is 12.8 Å². The molecule has 0 radical (unpaired) electrons. The standard InChI is InChI=1S/C26H21Cl2F10NO3S/c1-12(2)17-6-15(8-20(27)22(17)28)18(25(33,34)35)9-21(29)14-4-5-16(19(7-14)26(36,37)38)23(40)39-13(3)10-43(41,42)11-24(30,31)32/h4-9,13,18H,1,10-11H2,2-3H3,(H,39,40)/b21-9-/t13-,18-/m1/s1. The molecule has 0 saturated heterocycles. The number of nitrogens with one attached hydrogen (secondary N) is 1. The number of hydrogen-bond donors (Lipinski definition) is 1. The number of carbonyl (C=O) groups is 1. The summed E-state index contributed by atoms with van der Waals surface area (Å²) in [5.74, 6) is -9.54. The summed E-state index contributed by atoms with van der Waals surface area (Å²) in [6.45, 7) is 5.92. The Labute approximate surface area is 249 Å². The highest BCUT2D eigenvalue weighted by molar-refractivity contribution is 7.91. The molecule has 0 bridgehead atoms. The Kier molecular flexibility index (Phi) is 11.1. The lowest BCUT2D eigenvalue weighted by Crippen LogP contribution is -2.40. The first kappa shape index (κ1) is 36.4. The first-order chi connectivity index (χ1) is 19.3. The van der Waals surface area contributed by atoms with Gasteiger partial charge >= 0.3 is 18.5 Å². The van der Waals surface area contributed by atoms with Crippen LogP contribution in [0.25, 0.3) is 11.4 Å². The van der Waals surface area contributed by atoms with Gasteiger partial charge in [-0.3, -0.25) is 4.79 Å². The lowest BCUT2D eigenvalue weighted by Gasteiger charge is -2.20. The van der Waals surface area contributed by atoms with Crippen molar-refractivity contribution in [2.45, 2.75) is 44.3 Å². The van der Waals surface area contributed by atoms with E-state index in [2.05, 4.69) is 6.58 Å². The molecule has 2 rings (SSSR count). The Hall–Kier alpha value is -2.78. The van der Waals surface area contributed by atoms with Crippen molar-refractivity contribution in [3.8, 4) is 0 Å². The van der Waals surface area contributed by atoms with E-state index in [1.165, 1.54) is 6.92 Å². The van der Waals surface area contributed by atoms with E-state index < -0.39 is 85.8 Å². The summed E-state index contributed by atoms with van der Waals surface area (Å²) in [7, 11) is -4.81. The van der Waals surface area contributed by atoms with Gasteiger partial charge in [-0.05, 0) is 60.9 Å². The molecule has 43 heavy (non-hydrogen) atoms. The highest BCUT2D eigenvalue weighted by Gasteiger charge is 2.41. The molecule has 0 fully saturated rings. The first-order valence-corrected chi connectivity index (χ1v) is 14.3. The van der Waals surface area contributed by atoms with Crippen molar-refractivity contribution in [2.24, 2.45) is 0 Å². The van der Waals surface area contributed by atoms with E-state index in [9.17, 15) is 52.7 Å². The Morgan fingerprint density at radius 1 is 1.00 bits per heavy atom. The predicted octanol–water partition coefficient (Wildman–Crippen LogP) is 8.80. The smallest absolute Gasteiger partial charge is 0.349 e. The Morgan fingerprint density at radius 3 is 2.07 bits per heavy atom. The molecular weight excluding hydrogens is 667 g/mol. The minimum absolute atomic E-state index is 0.00455. The minimum Gasteiger partial charge on any atom is -0.349 e. The minimum atomic E-state index is -5.36. The summed E-state index contributed by atoms with van der Waals surface area (Å²) in [6.07, 6.45) is -15.6. The van der Waals surface area contributed by atoms with Crippen LogP contribution in [0.15, 0.2) is 43.0 Å². The number of sulfone groups is 1. The van der Waals surface area contributed by atoms with Gasteiger partial charge in [-0.1, -0.05) is 35.8 Å². The van der Waals surface area contributed by atoms with E-state index in [1.807, 2.05) is 5.32 Å². The number of hydrogen-bond acceptors (Lipinski definition) is 3. The van der Waals surface area contributed by atoms with Crippen LogP contribution >= 0.6 is 23.2 Å². The third-order valence-electron chi connectivity index (χ3n) is 5.65. The first-order valence-electron chi connectivity index (χ1n) is 11.7. The molecule has 1 amide bonds. The van der Waals surface area contributed by atoms with E-state index in [1.54, 1.807) is 0 Å². The number of carbonyl (C=O) groups excluding carboxylic acids is 1. The van der Waals surface area contributed by atoms with Gasteiger partial charge in [0, 0.05) is 11.6 Å². The zero-order valence-corrected chi connectivity index (χ0v) is 24.2. The predicted molar refractivity (Wildman–Crippen MR) is 142 cm³/mol. The van der Waals surface area contributed by atoms with E-state index >= 15 is 4.39 Å². The Bertz CT molecular complexity index is 1530. The van der Waals surface area contributed by atoms with Gasteiger partial charge < -0.3 is 5.32 Å². The summed E-state index contributed by atoms with van der Waals surface area (Å²) in [5, 5.41) is 1.37. The summed E-state index contributed by atoms with van der Waals surface area (Å²) >= 11 is 11.9. The van der Waals surface area contributed by atoms with Gasteiger partial charge in [0.05, 0.1) is 26.9 Å². The molecule has 2 atom stereocenters. The maximum absolute atomic E-state index is 15.1. The summed E-state index contributed by atoms with van der Waals surface area (Å²) in [6, 6.07) is 1.24. The van der Waals surface area contributed by atoms with E-state index in [4.69, 9.17) is 23.2 Å². The quantitative estimate of drug-likeness (QED) is 0.268. The largest absolute Gasteiger partial charge is 0.417 e. The molecule has 1 N–H and O–H groups in total. The van der Waals surface area contributed by atoms with Gasteiger partial charge in [-0.2, -0.15) is 39.5 Å². The fourth-order valence-electron chi connectivity index (χ4n) is 3.88. The van der Waals surface area contributed by atoms with Crippen molar-refractivity contribution in [2.75, 3.05) is 11.5 Å². The van der Waals surface area contributed by atoms with Gasteiger partial charge in [0.1, 0.15) is 17.5 Å². The van der Waals surface area contributed by atoms with Crippen LogP contribution in [0.2, 0.25) is 10.0 Å². The third kappa shape index (κ3) is 10.1. The summed E-state index contributed by atoms with van der Waals surface area (Å²) in [4.78, 5) is 12.5. The molecule has 0 aliphatic carbocycles. The molecule has 238 valence electrons. The number of rotatable bonds is 9. The van der Waals surface area contributed by atoms with Crippen LogP contribution < -0.4 is 5.32 Å². The fraction of sp³-hybridized carbons (Fsp3) is 0.346. The molecule has 0 unspecified atom stereocenters. The Morgan fingerprint density at radius 2 is 1.58 bits per heavy atom. The van der Waals surface area contributed by atoms with E-state index in [0.29, 0.717) is 12.1 Å². The fourth-order valence-corrected chi connectivity index (χ4v) is 5.84. The van der Waals surface area contributed by atoms with Crippen molar-refractivity contribution in [3.05, 3.63) is 80.8 Å². The number of allylic oxidation sites excluding steroid dienone is 2. The molecule has 2 aromatic rings. The van der Waals surface area contributed by atoms with Gasteiger partial charge in [-0.15, -0.1) is 0 Å². The molecule has 0 aliphatic heterocycles. The number of amides is 1. The van der Waals surface area contributed by atoms with Crippen molar-refractivity contribution in [1.82, 2.24) is 5.32 Å². The normalized spacial score (nSPS) is 14.8. The van der Waals surface area contributed by atoms with Crippen molar-refractivity contribution in [1.29, 1.82) is 0 Å². The molecule has 0 spiro atoms. The van der Waals surface area contributed by atoms with Crippen LogP contribution in [-0.2, 0) is 16.0 Å². The molecule has 0 heterocycles. The van der Waals surface area contributed by atoms with E-state index in [-0.39, 0.29) is 33.3 Å². The van der Waals surface area contributed by atoms with Crippen LogP contribution in [0, 0.1) is 0 Å². The molecule has 0 aliphatic rings. The lowest BCUT2D eigenvalue weighted by molar-refractivity contribution is -0.140. The maximum atomic E-state index is 15.1. The molecule has 0 aromatic heterocycles. The van der Waals surface area contributed by atoms with Crippen LogP contribution in [0.5, 0.6) is 0 Å². The lowest BCUT2D eigenvalue weighted by atomic mass is 9.93. The van der Waals surface area contributed by atoms with Crippen LogP contribution in [0.3, 0.4) is 0 Å². The highest BCUT2D eigenvalue weighted by Crippen LogP contribution is 2.43. The van der Waals surface area contributed by atoms with Crippen LogP contribution in [0.1, 0.15) is 52.4 Å². The van der Waals surface area contributed by atoms with Gasteiger partial charge in [0.2, 0.25) is 0 Å². The number of benzene rings is 2. The summed E-state index contributed by atoms with van der Waals surface area (Å²) in [5.41, 5.74) is -4.36. The Balaban J connectivity index is 2.51. The highest BCUT2D eigenvalue weighted by atomic mass is 35.5. The molecule has 17 heteroatoms. The van der Waals surface area contributed by atoms with Gasteiger partial charge in [0.15, 0.2) is 9.84 Å². The monoisotopic (exact) mass is 687 g/mol. The SMILES string of the molecule is C=C(C)c1cc([C@@H](/C=C(\F)c2ccc(C(=O)N[C@H](C)CS(=O)(=O)CC(F)(F)F)c(C(F)(F)F)c2)C(F)(F)F)cc(Cl)c1Cl. The second-order valence-corrected chi connectivity index (χ2v) is 12.4. The van der Waals surface area contributed by atoms with Crippen molar-refractivity contribution >= 4 is 50.3 Å².